The molecular weight excluding hydrogens is 222 g/mol. The van der Waals surface area contributed by atoms with E-state index in [1.54, 1.807) is 7.11 Å². The van der Waals surface area contributed by atoms with Crippen molar-refractivity contribution in [2.75, 3.05) is 13.7 Å². The molecule has 1 aromatic carbocycles. The number of rotatable bonds is 7. The predicted octanol–water partition coefficient (Wildman–Crippen LogP) is 2.59. The predicted molar refractivity (Wildman–Crippen MR) is 63.2 cm³/mol. The molecule has 0 aliphatic heterocycles. The molecule has 1 aromatic rings. The molecule has 0 aliphatic carbocycles. The molecule has 17 heavy (non-hydrogen) atoms. The first-order valence-corrected chi connectivity index (χ1v) is 5.41. The minimum Gasteiger partial charge on any atom is -0.385 e. The van der Waals surface area contributed by atoms with E-state index in [4.69, 9.17) is 4.74 Å². The van der Waals surface area contributed by atoms with Crippen LogP contribution in [0.4, 0.5) is 5.69 Å². The highest BCUT2D eigenvalue weighted by molar-refractivity contribution is 5.96. The molecule has 1 rings (SSSR count). The van der Waals surface area contributed by atoms with Gasteiger partial charge in [-0.1, -0.05) is 0 Å². The third kappa shape index (κ3) is 4.32. The lowest BCUT2D eigenvalue weighted by atomic mass is 10.1. The van der Waals surface area contributed by atoms with Crippen LogP contribution >= 0.6 is 0 Å². The van der Waals surface area contributed by atoms with Crippen molar-refractivity contribution in [2.45, 2.75) is 19.3 Å². The Balaban J connectivity index is 2.49. The zero-order chi connectivity index (χ0) is 12.7. The van der Waals surface area contributed by atoms with E-state index < -0.39 is 4.92 Å². The quantitative estimate of drug-likeness (QED) is 0.316. The van der Waals surface area contributed by atoms with E-state index in [0.717, 1.165) is 12.8 Å². The van der Waals surface area contributed by atoms with Gasteiger partial charge in [0.1, 0.15) is 0 Å². The number of unbranched alkanes of at least 4 members (excludes halogenated alkanes) is 1. The summed E-state index contributed by atoms with van der Waals surface area (Å²) in [4.78, 5) is 21.6. The van der Waals surface area contributed by atoms with Crippen molar-refractivity contribution in [1.29, 1.82) is 0 Å². The number of benzene rings is 1. The summed E-state index contributed by atoms with van der Waals surface area (Å²) in [5, 5.41) is 10.4. The lowest BCUT2D eigenvalue weighted by Crippen LogP contribution is -2.00. The first kappa shape index (κ1) is 13.3. The molecule has 0 unspecified atom stereocenters. The maximum atomic E-state index is 11.7. The summed E-state index contributed by atoms with van der Waals surface area (Å²) in [7, 11) is 1.62. The first-order valence-electron chi connectivity index (χ1n) is 5.41. The second-order valence-electron chi connectivity index (χ2n) is 3.68. The Bertz CT molecular complexity index is 386. The number of nitrogens with zero attached hydrogens (tertiary/aromatic N) is 1. The number of hydrogen-bond acceptors (Lipinski definition) is 4. The van der Waals surface area contributed by atoms with Crippen LogP contribution in [-0.2, 0) is 4.74 Å². The first-order chi connectivity index (χ1) is 8.15. The van der Waals surface area contributed by atoms with E-state index in [-0.39, 0.29) is 11.5 Å². The number of nitro benzene ring substituents is 1. The molecule has 0 fully saturated rings. The van der Waals surface area contributed by atoms with Gasteiger partial charge in [0, 0.05) is 37.8 Å². The zero-order valence-electron chi connectivity index (χ0n) is 9.72. The Morgan fingerprint density at radius 3 is 2.47 bits per heavy atom. The minimum absolute atomic E-state index is 0.000864. The largest absolute Gasteiger partial charge is 0.385 e. The van der Waals surface area contributed by atoms with Crippen molar-refractivity contribution in [3.05, 3.63) is 39.9 Å². The van der Waals surface area contributed by atoms with Gasteiger partial charge in [0.2, 0.25) is 0 Å². The number of ether oxygens (including phenoxy) is 1. The molecule has 0 atom stereocenters. The topological polar surface area (TPSA) is 69.4 Å². The van der Waals surface area contributed by atoms with Crippen molar-refractivity contribution in [3.63, 3.8) is 0 Å². The third-order valence-corrected chi connectivity index (χ3v) is 2.40. The Morgan fingerprint density at radius 2 is 1.94 bits per heavy atom. The monoisotopic (exact) mass is 237 g/mol. The van der Waals surface area contributed by atoms with Crippen LogP contribution in [0.2, 0.25) is 0 Å². The van der Waals surface area contributed by atoms with Gasteiger partial charge in [-0.15, -0.1) is 0 Å². The van der Waals surface area contributed by atoms with Crippen molar-refractivity contribution in [1.82, 2.24) is 0 Å². The van der Waals surface area contributed by atoms with E-state index in [0.29, 0.717) is 18.6 Å². The van der Waals surface area contributed by atoms with Crippen molar-refractivity contribution in [3.8, 4) is 0 Å². The van der Waals surface area contributed by atoms with Crippen molar-refractivity contribution in [2.24, 2.45) is 0 Å². The number of hydrogen-bond donors (Lipinski definition) is 0. The highest BCUT2D eigenvalue weighted by Gasteiger charge is 2.08. The molecule has 5 heteroatoms. The highest BCUT2D eigenvalue weighted by atomic mass is 16.6. The molecule has 92 valence electrons. The summed E-state index contributed by atoms with van der Waals surface area (Å²) >= 11 is 0. The van der Waals surface area contributed by atoms with Gasteiger partial charge >= 0.3 is 0 Å². The van der Waals surface area contributed by atoms with Gasteiger partial charge in [-0.05, 0) is 25.0 Å². The highest BCUT2D eigenvalue weighted by Crippen LogP contribution is 2.14. The molecule has 0 heterocycles. The van der Waals surface area contributed by atoms with E-state index in [2.05, 4.69) is 0 Å². The molecule has 0 aliphatic rings. The second kappa shape index (κ2) is 6.75. The number of non-ortho nitro benzene ring substituents is 1. The number of carbonyl (C=O) groups is 1. The number of nitro groups is 1. The van der Waals surface area contributed by atoms with E-state index in [9.17, 15) is 14.9 Å². The van der Waals surface area contributed by atoms with Crippen LogP contribution in [0.15, 0.2) is 24.3 Å². The maximum Gasteiger partial charge on any atom is 0.269 e. The third-order valence-electron chi connectivity index (χ3n) is 2.40. The molecule has 0 aromatic heterocycles. The van der Waals surface area contributed by atoms with Crippen LogP contribution in [0, 0.1) is 10.1 Å². The van der Waals surface area contributed by atoms with Gasteiger partial charge in [-0.25, -0.2) is 0 Å². The van der Waals surface area contributed by atoms with Gasteiger partial charge in [0.25, 0.3) is 5.69 Å². The summed E-state index contributed by atoms with van der Waals surface area (Å²) in [6, 6.07) is 5.69. The molecule has 5 nitrogen and oxygen atoms in total. The van der Waals surface area contributed by atoms with Gasteiger partial charge < -0.3 is 4.74 Å². The van der Waals surface area contributed by atoms with Crippen molar-refractivity contribution < 1.29 is 14.5 Å². The van der Waals surface area contributed by atoms with E-state index >= 15 is 0 Å². The molecule has 0 amide bonds. The van der Waals surface area contributed by atoms with Gasteiger partial charge in [0.15, 0.2) is 5.78 Å². The Labute approximate surface area is 99.5 Å². The smallest absolute Gasteiger partial charge is 0.269 e. The molecule has 0 saturated heterocycles. The van der Waals surface area contributed by atoms with Gasteiger partial charge in [0.05, 0.1) is 4.92 Å². The standard InChI is InChI=1S/C12H15NO4/c1-17-9-3-2-4-12(14)10-5-7-11(8-6-10)13(15)16/h5-8H,2-4,9H2,1H3. The van der Waals surface area contributed by atoms with Crippen LogP contribution in [0.1, 0.15) is 29.6 Å². The summed E-state index contributed by atoms with van der Waals surface area (Å²) < 4.78 is 4.89. The van der Waals surface area contributed by atoms with Crippen LogP contribution in [0.5, 0.6) is 0 Å². The molecule has 0 saturated carbocycles. The molecular formula is C12H15NO4. The van der Waals surface area contributed by atoms with E-state index in [1.807, 2.05) is 0 Å². The van der Waals surface area contributed by atoms with Crippen molar-refractivity contribution >= 4 is 11.5 Å². The Kier molecular flexibility index (Phi) is 5.29. The number of ketones is 1. The summed E-state index contributed by atoms with van der Waals surface area (Å²) in [5.74, 6) is 0.0102. The number of carbonyl (C=O) groups excluding carboxylic acids is 1. The average molecular weight is 237 g/mol. The average Bonchev–Trinajstić information content (AvgIpc) is 2.34. The van der Waals surface area contributed by atoms with Gasteiger partial charge in [-0.3, -0.25) is 14.9 Å². The second-order valence-corrected chi connectivity index (χ2v) is 3.68. The molecule has 0 radical (unpaired) electrons. The molecule has 0 bridgehead atoms. The normalized spacial score (nSPS) is 10.2. The SMILES string of the molecule is COCCCCC(=O)c1ccc([N+](=O)[O-])cc1. The Hall–Kier alpha value is -1.75. The summed E-state index contributed by atoms with van der Waals surface area (Å²) in [5.41, 5.74) is 0.522. The summed E-state index contributed by atoms with van der Waals surface area (Å²) in [6.07, 6.45) is 2.06. The fourth-order valence-corrected chi connectivity index (χ4v) is 1.45. The van der Waals surface area contributed by atoms with Crippen LogP contribution in [0.3, 0.4) is 0 Å². The van der Waals surface area contributed by atoms with Crippen LogP contribution in [-0.4, -0.2) is 24.4 Å². The number of methoxy groups -OCH3 is 1. The molecule has 0 spiro atoms. The van der Waals surface area contributed by atoms with Crippen LogP contribution in [0.25, 0.3) is 0 Å². The Morgan fingerprint density at radius 1 is 1.29 bits per heavy atom. The fraction of sp³-hybridized carbons (Fsp3) is 0.417. The van der Waals surface area contributed by atoms with Crippen LogP contribution < -0.4 is 0 Å². The summed E-state index contributed by atoms with van der Waals surface area (Å²) in [6.45, 7) is 0.646. The lowest BCUT2D eigenvalue weighted by molar-refractivity contribution is -0.384. The number of Topliss-reactive ketones (excluding diaryl/α,β-unsaturated/α-hetero) is 1. The van der Waals surface area contributed by atoms with Gasteiger partial charge in [-0.2, -0.15) is 0 Å². The van der Waals surface area contributed by atoms with E-state index in [1.165, 1.54) is 24.3 Å². The fourth-order valence-electron chi connectivity index (χ4n) is 1.45. The lowest BCUT2D eigenvalue weighted by Gasteiger charge is -2.01. The zero-order valence-corrected chi connectivity index (χ0v) is 9.72. The molecule has 0 N–H and O–H groups in total. The minimum atomic E-state index is -0.479. The maximum absolute atomic E-state index is 11.7.